The average Bonchev–Trinajstić information content (AvgIpc) is 2.87. The first-order chi connectivity index (χ1) is 10.3. The summed E-state index contributed by atoms with van der Waals surface area (Å²) in [4.78, 5) is 19.9. The molecule has 1 atom stereocenters. The van der Waals surface area contributed by atoms with Gasteiger partial charge in [-0.2, -0.15) is 5.10 Å². The second-order valence-corrected chi connectivity index (χ2v) is 6.36. The molecule has 2 aromatic heterocycles. The van der Waals surface area contributed by atoms with Crippen LogP contribution in [0.1, 0.15) is 47.0 Å². The number of nitrogens with one attached hydrogen (secondary N) is 1. The molecule has 7 nitrogen and oxygen atoms in total. The summed E-state index contributed by atoms with van der Waals surface area (Å²) < 4.78 is 1.82. The Kier molecular flexibility index (Phi) is 4.63. The number of rotatable bonds is 6. The maximum absolute atomic E-state index is 11.4. The Bertz CT molecular complexity index is 659. The van der Waals surface area contributed by atoms with Gasteiger partial charge >= 0.3 is 5.97 Å². The van der Waals surface area contributed by atoms with Crippen LogP contribution in [-0.2, 0) is 10.3 Å². The predicted octanol–water partition coefficient (Wildman–Crippen LogP) is 2.64. The molecule has 0 aliphatic heterocycles. The van der Waals surface area contributed by atoms with E-state index in [0.717, 1.165) is 18.2 Å². The topological polar surface area (TPSA) is 92.9 Å². The maximum atomic E-state index is 11.4. The van der Waals surface area contributed by atoms with Crippen molar-refractivity contribution in [2.75, 3.05) is 5.32 Å². The number of aromatic nitrogens is 4. The van der Waals surface area contributed by atoms with Crippen molar-refractivity contribution >= 4 is 22.8 Å². The van der Waals surface area contributed by atoms with Gasteiger partial charge in [-0.1, -0.05) is 19.8 Å². The third-order valence-electron chi connectivity index (χ3n) is 3.46. The largest absolute Gasteiger partial charge is 0.480 e. The fourth-order valence-corrected chi connectivity index (χ4v) is 2.28. The molecular weight excluding hydrogens is 282 g/mol. The Balaban J connectivity index is 2.35. The van der Waals surface area contributed by atoms with E-state index >= 15 is 0 Å². The lowest BCUT2D eigenvalue weighted by Gasteiger charge is -2.20. The van der Waals surface area contributed by atoms with Crippen molar-refractivity contribution < 1.29 is 9.90 Å². The molecule has 0 saturated carbocycles. The van der Waals surface area contributed by atoms with Gasteiger partial charge in [0.25, 0.3) is 0 Å². The molecule has 2 heterocycles. The number of carboxylic acids is 1. The van der Waals surface area contributed by atoms with Crippen molar-refractivity contribution in [1.29, 1.82) is 0 Å². The zero-order valence-electron chi connectivity index (χ0n) is 13.5. The maximum Gasteiger partial charge on any atom is 0.326 e. The number of hydrogen-bond acceptors (Lipinski definition) is 5. The molecule has 7 heteroatoms. The fraction of sp³-hybridized carbons (Fsp3) is 0.600. The van der Waals surface area contributed by atoms with Gasteiger partial charge in [0.2, 0.25) is 0 Å². The lowest BCUT2D eigenvalue weighted by atomic mass is 10.1. The van der Waals surface area contributed by atoms with Crippen LogP contribution in [0.3, 0.4) is 0 Å². The highest BCUT2D eigenvalue weighted by Gasteiger charge is 2.22. The van der Waals surface area contributed by atoms with E-state index in [2.05, 4.69) is 20.4 Å². The number of unbranched alkanes of at least 4 members (excludes halogenated alkanes) is 1. The highest BCUT2D eigenvalue weighted by atomic mass is 16.4. The summed E-state index contributed by atoms with van der Waals surface area (Å²) in [5, 5.41) is 17.5. The number of anilines is 1. The lowest BCUT2D eigenvalue weighted by molar-refractivity contribution is -0.138. The molecule has 0 bridgehead atoms. The van der Waals surface area contributed by atoms with E-state index in [0.29, 0.717) is 17.9 Å². The Hall–Kier alpha value is -2.18. The van der Waals surface area contributed by atoms with Gasteiger partial charge in [-0.15, -0.1) is 0 Å². The zero-order chi connectivity index (χ0) is 16.3. The van der Waals surface area contributed by atoms with Crippen LogP contribution in [0.5, 0.6) is 0 Å². The van der Waals surface area contributed by atoms with Crippen molar-refractivity contribution in [3.8, 4) is 0 Å². The average molecular weight is 305 g/mol. The second kappa shape index (κ2) is 6.29. The third-order valence-corrected chi connectivity index (χ3v) is 3.46. The monoisotopic (exact) mass is 305 g/mol. The van der Waals surface area contributed by atoms with Gasteiger partial charge < -0.3 is 10.4 Å². The summed E-state index contributed by atoms with van der Waals surface area (Å²) in [5.41, 5.74) is 0.492. The van der Waals surface area contributed by atoms with E-state index in [4.69, 9.17) is 0 Å². The first kappa shape index (κ1) is 16.2. The first-order valence-electron chi connectivity index (χ1n) is 7.53. The quantitative estimate of drug-likeness (QED) is 0.852. The van der Waals surface area contributed by atoms with E-state index < -0.39 is 12.0 Å². The molecule has 0 unspecified atom stereocenters. The predicted molar refractivity (Wildman–Crippen MR) is 84.9 cm³/mol. The Morgan fingerprint density at radius 3 is 2.73 bits per heavy atom. The smallest absolute Gasteiger partial charge is 0.326 e. The van der Waals surface area contributed by atoms with Crippen LogP contribution < -0.4 is 5.32 Å². The van der Waals surface area contributed by atoms with E-state index in [1.54, 1.807) is 6.20 Å². The molecule has 0 aliphatic rings. The van der Waals surface area contributed by atoms with Gasteiger partial charge in [0.15, 0.2) is 5.65 Å². The van der Waals surface area contributed by atoms with Crippen LogP contribution in [0.15, 0.2) is 12.5 Å². The van der Waals surface area contributed by atoms with Gasteiger partial charge in [0, 0.05) is 0 Å². The summed E-state index contributed by atoms with van der Waals surface area (Å²) in [5.74, 6) is -0.354. The normalized spacial score (nSPS) is 13.3. The SMILES string of the molecule is CCCC[C@H](Nc1ncnc2c1cnn2C(C)(C)C)C(=O)O. The number of nitrogens with zero attached hydrogens (tertiary/aromatic N) is 4. The Labute approximate surface area is 129 Å². The molecule has 0 spiro atoms. The molecule has 22 heavy (non-hydrogen) atoms. The molecule has 0 amide bonds. The van der Waals surface area contributed by atoms with Crippen molar-refractivity contribution in [1.82, 2.24) is 19.7 Å². The fourth-order valence-electron chi connectivity index (χ4n) is 2.28. The molecule has 2 N–H and O–H groups in total. The number of hydrogen-bond donors (Lipinski definition) is 2. The van der Waals surface area contributed by atoms with E-state index in [1.807, 2.05) is 32.4 Å². The second-order valence-electron chi connectivity index (χ2n) is 6.36. The van der Waals surface area contributed by atoms with Gasteiger partial charge in [-0.05, 0) is 27.2 Å². The minimum absolute atomic E-state index is 0.207. The minimum atomic E-state index is -0.872. The van der Waals surface area contributed by atoms with Crippen LogP contribution in [-0.4, -0.2) is 36.9 Å². The third kappa shape index (κ3) is 3.35. The molecule has 0 aromatic carbocycles. The van der Waals surface area contributed by atoms with E-state index in [9.17, 15) is 9.90 Å². The molecule has 0 saturated heterocycles. The van der Waals surface area contributed by atoms with Crippen molar-refractivity contribution in [2.24, 2.45) is 0 Å². The van der Waals surface area contributed by atoms with Crippen LogP contribution in [0.4, 0.5) is 5.82 Å². The number of aliphatic carboxylic acids is 1. The molecule has 2 rings (SSSR count). The van der Waals surface area contributed by atoms with Gasteiger partial charge in [-0.25, -0.2) is 19.4 Å². The number of carboxylic acid groups (broad SMARTS) is 1. The van der Waals surface area contributed by atoms with Crippen molar-refractivity contribution in [3.05, 3.63) is 12.5 Å². The summed E-state index contributed by atoms with van der Waals surface area (Å²) in [6, 6.07) is -0.656. The summed E-state index contributed by atoms with van der Waals surface area (Å²) in [7, 11) is 0. The Morgan fingerprint density at radius 1 is 1.41 bits per heavy atom. The summed E-state index contributed by atoms with van der Waals surface area (Å²) in [6.45, 7) is 8.15. The molecule has 0 aliphatic carbocycles. The molecular formula is C15H23N5O2. The van der Waals surface area contributed by atoms with E-state index in [-0.39, 0.29) is 5.54 Å². The summed E-state index contributed by atoms with van der Waals surface area (Å²) in [6.07, 6.45) is 5.48. The van der Waals surface area contributed by atoms with E-state index in [1.165, 1.54) is 6.33 Å². The van der Waals surface area contributed by atoms with Crippen molar-refractivity contribution in [3.63, 3.8) is 0 Å². The van der Waals surface area contributed by atoms with Crippen molar-refractivity contribution in [2.45, 2.75) is 58.5 Å². The highest BCUT2D eigenvalue weighted by molar-refractivity contribution is 5.88. The van der Waals surface area contributed by atoms with Gasteiger partial charge in [0.1, 0.15) is 18.2 Å². The molecule has 120 valence electrons. The zero-order valence-corrected chi connectivity index (χ0v) is 13.5. The van der Waals surface area contributed by atoms with Crippen LogP contribution in [0.2, 0.25) is 0 Å². The highest BCUT2D eigenvalue weighted by Crippen LogP contribution is 2.24. The first-order valence-corrected chi connectivity index (χ1v) is 7.53. The lowest BCUT2D eigenvalue weighted by Crippen LogP contribution is -2.29. The Morgan fingerprint density at radius 2 is 2.14 bits per heavy atom. The molecule has 2 aromatic rings. The summed E-state index contributed by atoms with van der Waals surface area (Å²) >= 11 is 0. The van der Waals surface area contributed by atoms with Crippen LogP contribution in [0, 0.1) is 0 Å². The minimum Gasteiger partial charge on any atom is -0.480 e. The molecule has 0 radical (unpaired) electrons. The van der Waals surface area contributed by atoms with Gasteiger partial charge in [0.05, 0.1) is 17.1 Å². The van der Waals surface area contributed by atoms with Gasteiger partial charge in [-0.3, -0.25) is 0 Å². The van der Waals surface area contributed by atoms with Crippen LogP contribution >= 0.6 is 0 Å². The number of fused-ring (bicyclic) bond motifs is 1. The molecule has 0 fully saturated rings. The van der Waals surface area contributed by atoms with Crippen LogP contribution in [0.25, 0.3) is 11.0 Å². The number of carbonyl (C=O) groups is 1. The standard InChI is InChI=1S/C15H23N5O2/c1-5-6-7-11(14(21)22)19-12-10-8-18-20(15(2,3)4)13(10)17-9-16-12/h8-9,11H,5-7H2,1-4H3,(H,21,22)(H,16,17,19)/t11-/m0/s1.